The molecule has 1 fully saturated rings. The number of hydrogen-bond acceptors (Lipinski definition) is 6. The van der Waals surface area contributed by atoms with Crippen LogP contribution < -0.4 is 16.0 Å². The van der Waals surface area contributed by atoms with Crippen LogP contribution in [0.2, 0.25) is 5.02 Å². The average molecular weight is 491 g/mol. The molecule has 1 amide bonds. The molecule has 3 heterocycles. The lowest BCUT2D eigenvalue weighted by molar-refractivity contribution is -0.132. The highest BCUT2D eigenvalue weighted by molar-refractivity contribution is 6.31. The van der Waals surface area contributed by atoms with Crippen molar-refractivity contribution in [2.45, 2.75) is 13.1 Å². The van der Waals surface area contributed by atoms with Crippen LogP contribution in [-0.4, -0.2) is 56.1 Å². The Morgan fingerprint density at radius 3 is 2.23 bits per heavy atom. The Bertz CT molecular complexity index is 1480. The number of rotatable bonds is 5. The number of hydrogen-bond donors (Lipinski definition) is 0. The number of carbonyl (C=O) groups is 1. The number of anilines is 1. The van der Waals surface area contributed by atoms with Crippen molar-refractivity contribution in [2.75, 3.05) is 31.1 Å². The second-order valence-electron chi connectivity index (χ2n) is 8.32. The van der Waals surface area contributed by atoms with Gasteiger partial charge in [0.1, 0.15) is 6.54 Å². The Morgan fingerprint density at radius 2 is 1.51 bits per heavy atom. The standard InChI is InChI=1S/C25H23ClN6O3/c26-19-7-8-20-21(15-19)32(24(35)23(34)31(20)16-18-5-2-1-3-6-18)17-22(33)29-11-13-30(14-12-29)25-27-9-4-10-28-25/h1-10,15H,11-14,16-17H2. The van der Waals surface area contributed by atoms with Gasteiger partial charge in [-0.3, -0.25) is 23.5 Å². The van der Waals surface area contributed by atoms with Crippen LogP contribution in [0.1, 0.15) is 5.56 Å². The summed E-state index contributed by atoms with van der Waals surface area (Å²) in [6.45, 7) is 2.10. The van der Waals surface area contributed by atoms with Gasteiger partial charge >= 0.3 is 11.1 Å². The van der Waals surface area contributed by atoms with E-state index >= 15 is 0 Å². The minimum atomic E-state index is -0.750. The molecule has 9 nitrogen and oxygen atoms in total. The zero-order chi connectivity index (χ0) is 24.4. The largest absolute Gasteiger partial charge is 0.338 e. The molecule has 1 saturated heterocycles. The molecule has 0 unspecified atom stereocenters. The summed E-state index contributed by atoms with van der Waals surface area (Å²) in [5.41, 5.74) is 0.451. The zero-order valence-electron chi connectivity index (χ0n) is 18.9. The summed E-state index contributed by atoms with van der Waals surface area (Å²) in [4.78, 5) is 51.6. The quantitative estimate of drug-likeness (QED) is 0.397. The predicted molar refractivity (Wildman–Crippen MR) is 134 cm³/mol. The van der Waals surface area contributed by atoms with E-state index in [0.717, 1.165) is 5.56 Å². The Balaban J connectivity index is 1.43. The summed E-state index contributed by atoms with van der Waals surface area (Å²) < 4.78 is 2.67. The monoisotopic (exact) mass is 490 g/mol. The Labute approximate surface area is 205 Å². The maximum atomic E-state index is 13.2. The fraction of sp³-hybridized carbons (Fsp3) is 0.240. The summed E-state index contributed by atoms with van der Waals surface area (Å²) in [7, 11) is 0. The number of fused-ring (bicyclic) bond motifs is 1. The van der Waals surface area contributed by atoms with Crippen molar-refractivity contribution in [1.29, 1.82) is 0 Å². The van der Waals surface area contributed by atoms with E-state index in [2.05, 4.69) is 9.97 Å². The van der Waals surface area contributed by atoms with Crippen molar-refractivity contribution >= 4 is 34.5 Å². The minimum Gasteiger partial charge on any atom is -0.338 e. The van der Waals surface area contributed by atoms with E-state index in [1.54, 1.807) is 41.6 Å². The molecule has 0 spiro atoms. The lowest BCUT2D eigenvalue weighted by atomic mass is 10.2. The van der Waals surface area contributed by atoms with Gasteiger partial charge in [-0.25, -0.2) is 9.97 Å². The van der Waals surface area contributed by atoms with Gasteiger partial charge in [0.25, 0.3) is 0 Å². The number of amides is 1. The Hall–Kier alpha value is -3.98. The summed E-state index contributed by atoms with van der Waals surface area (Å²) in [6.07, 6.45) is 3.37. The highest BCUT2D eigenvalue weighted by Crippen LogP contribution is 2.19. The molecule has 178 valence electrons. The molecule has 2 aromatic carbocycles. The third kappa shape index (κ3) is 4.67. The van der Waals surface area contributed by atoms with Crippen molar-refractivity contribution in [3.63, 3.8) is 0 Å². The minimum absolute atomic E-state index is 0.234. The number of benzene rings is 2. The van der Waals surface area contributed by atoms with Crippen LogP contribution in [-0.2, 0) is 17.9 Å². The molecule has 0 radical (unpaired) electrons. The predicted octanol–water partition coefficient (Wildman–Crippen LogP) is 2.00. The van der Waals surface area contributed by atoms with Crippen LogP contribution >= 0.6 is 11.6 Å². The normalized spacial score (nSPS) is 13.9. The van der Waals surface area contributed by atoms with Crippen LogP contribution in [0.15, 0.2) is 76.6 Å². The molecule has 2 aromatic heterocycles. The molecule has 10 heteroatoms. The Morgan fingerprint density at radius 1 is 0.829 bits per heavy atom. The van der Waals surface area contributed by atoms with Gasteiger partial charge in [0.15, 0.2) is 0 Å². The summed E-state index contributed by atoms with van der Waals surface area (Å²) in [5.74, 6) is 0.390. The van der Waals surface area contributed by atoms with E-state index in [0.29, 0.717) is 48.2 Å². The van der Waals surface area contributed by atoms with E-state index < -0.39 is 11.1 Å². The van der Waals surface area contributed by atoms with Crippen LogP contribution in [0.4, 0.5) is 5.95 Å². The molecular formula is C25H23ClN6O3. The molecule has 1 aliphatic rings. The van der Waals surface area contributed by atoms with E-state index in [1.807, 2.05) is 35.2 Å². The van der Waals surface area contributed by atoms with Crippen LogP contribution in [0, 0.1) is 0 Å². The van der Waals surface area contributed by atoms with Crippen molar-refractivity contribution in [2.24, 2.45) is 0 Å². The van der Waals surface area contributed by atoms with Gasteiger partial charge in [0.2, 0.25) is 11.9 Å². The Kier molecular flexibility index (Phi) is 6.33. The van der Waals surface area contributed by atoms with Gasteiger partial charge < -0.3 is 9.80 Å². The van der Waals surface area contributed by atoms with Gasteiger partial charge in [-0.1, -0.05) is 41.9 Å². The number of carbonyl (C=O) groups excluding carboxylic acids is 1. The van der Waals surface area contributed by atoms with Gasteiger partial charge in [0, 0.05) is 43.6 Å². The van der Waals surface area contributed by atoms with Crippen molar-refractivity contribution in [1.82, 2.24) is 24.0 Å². The number of piperazine rings is 1. The van der Waals surface area contributed by atoms with Gasteiger partial charge in [0.05, 0.1) is 17.6 Å². The third-order valence-corrected chi connectivity index (χ3v) is 6.37. The molecule has 5 rings (SSSR count). The van der Waals surface area contributed by atoms with Crippen molar-refractivity contribution in [3.8, 4) is 0 Å². The topological polar surface area (TPSA) is 93.3 Å². The van der Waals surface area contributed by atoms with Crippen LogP contribution in [0.5, 0.6) is 0 Å². The van der Waals surface area contributed by atoms with Crippen LogP contribution in [0.3, 0.4) is 0 Å². The number of nitrogens with zero attached hydrogens (tertiary/aromatic N) is 6. The SMILES string of the molecule is O=C(Cn1c(=O)c(=O)n(Cc2ccccc2)c2ccc(Cl)cc21)N1CCN(c2ncccn2)CC1. The van der Waals surface area contributed by atoms with Crippen LogP contribution in [0.25, 0.3) is 11.0 Å². The van der Waals surface area contributed by atoms with E-state index in [4.69, 9.17) is 11.6 Å². The first kappa shape index (κ1) is 22.8. The first-order valence-electron chi connectivity index (χ1n) is 11.3. The van der Waals surface area contributed by atoms with E-state index in [1.165, 1.54) is 9.13 Å². The average Bonchev–Trinajstić information content (AvgIpc) is 2.90. The number of halogens is 1. The van der Waals surface area contributed by atoms with Gasteiger partial charge in [-0.15, -0.1) is 0 Å². The van der Waals surface area contributed by atoms with Gasteiger partial charge in [-0.2, -0.15) is 0 Å². The number of aromatic nitrogens is 4. The molecule has 0 bridgehead atoms. The molecule has 0 N–H and O–H groups in total. The molecule has 1 aliphatic heterocycles. The molecule has 0 saturated carbocycles. The van der Waals surface area contributed by atoms with E-state index in [9.17, 15) is 14.4 Å². The third-order valence-electron chi connectivity index (χ3n) is 6.14. The first-order valence-corrected chi connectivity index (χ1v) is 11.7. The fourth-order valence-electron chi connectivity index (χ4n) is 4.32. The molecule has 0 aliphatic carbocycles. The molecular weight excluding hydrogens is 468 g/mol. The maximum Gasteiger partial charge on any atom is 0.317 e. The highest BCUT2D eigenvalue weighted by atomic mass is 35.5. The summed E-state index contributed by atoms with van der Waals surface area (Å²) in [6, 6.07) is 16.2. The molecule has 0 atom stereocenters. The van der Waals surface area contributed by atoms with Crippen molar-refractivity contribution in [3.05, 3.63) is 98.3 Å². The van der Waals surface area contributed by atoms with Crippen molar-refractivity contribution < 1.29 is 4.79 Å². The van der Waals surface area contributed by atoms with E-state index in [-0.39, 0.29) is 19.0 Å². The highest BCUT2D eigenvalue weighted by Gasteiger charge is 2.24. The molecule has 4 aromatic rings. The fourth-order valence-corrected chi connectivity index (χ4v) is 4.48. The molecule has 35 heavy (non-hydrogen) atoms. The smallest absolute Gasteiger partial charge is 0.317 e. The lowest BCUT2D eigenvalue weighted by Gasteiger charge is -2.34. The second-order valence-corrected chi connectivity index (χ2v) is 8.75. The maximum absolute atomic E-state index is 13.2. The first-order chi connectivity index (χ1) is 17.0. The van der Waals surface area contributed by atoms with Gasteiger partial charge in [-0.05, 0) is 29.8 Å². The zero-order valence-corrected chi connectivity index (χ0v) is 19.6. The summed E-state index contributed by atoms with van der Waals surface area (Å²) in [5, 5.41) is 0.416. The summed E-state index contributed by atoms with van der Waals surface area (Å²) >= 11 is 6.24. The second kappa shape index (κ2) is 9.71. The lowest BCUT2D eigenvalue weighted by Crippen LogP contribution is -2.51.